The van der Waals surface area contributed by atoms with Crippen LogP contribution in [0.5, 0.6) is 0 Å². The van der Waals surface area contributed by atoms with E-state index in [1.165, 1.54) is 17.8 Å². The van der Waals surface area contributed by atoms with Crippen molar-refractivity contribution in [1.82, 2.24) is 4.90 Å². The number of nitrogens with zero attached hydrogens (tertiary/aromatic N) is 1. The molecule has 0 N–H and O–H groups in total. The lowest BCUT2D eigenvalue weighted by Gasteiger charge is -2.50. The highest BCUT2D eigenvalue weighted by atomic mass is 32.2. The lowest BCUT2D eigenvalue weighted by molar-refractivity contribution is -0.163. The van der Waals surface area contributed by atoms with Crippen LogP contribution in [0.3, 0.4) is 0 Å². The van der Waals surface area contributed by atoms with Gasteiger partial charge in [-0.1, -0.05) is 40.3 Å². The average Bonchev–Trinajstić information content (AvgIpc) is 2.79. The SMILES string of the molecule is C=CCOC(=O)C1=C(SC)[C@H](C)[C@@H]2[C@@H]([C@@H](C)O[Si](C)(C)C(C)(C)C)C(=O)N12. The van der Waals surface area contributed by atoms with E-state index in [4.69, 9.17) is 9.16 Å². The molecule has 0 unspecified atom stereocenters. The van der Waals surface area contributed by atoms with Gasteiger partial charge in [-0.15, -0.1) is 11.8 Å². The van der Waals surface area contributed by atoms with Crippen LogP contribution in [0.2, 0.25) is 18.1 Å². The summed E-state index contributed by atoms with van der Waals surface area (Å²) in [6, 6.07) is -0.0361. The number of amides is 1. The Morgan fingerprint density at radius 3 is 2.48 bits per heavy atom. The number of rotatable bonds is 7. The van der Waals surface area contributed by atoms with E-state index in [9.17, 15) is 9.59 Å². The molecule has 27 heavy (non-hydrogen) atoms. The van der Waals surface area contributed by atoms with Crippen LogP contribution >= 0.6 is 11.8 Å². The van der Waals surface area contributed by atoms with E-state index < -0.39 is 14.3 Å². The van der Waals surface area contributed by atoms with Crippen molar-refractivity contribution >= 4 is 32.0 Å². The van der Waals surface area contributed by atoms with Gasteiger partial charge < -0.3 is 14.1 Å². The number of hydrogen-bond acceptors (Lipinski definition) is 5. The molecule has 0 spiro atoms. The van der Waals surface area contributed by atoms with Crippen LogP contribution in [0.15, 0.2) is 23.3 Å². The Labute approximate surface area is 168 Å². The first-order valence-corrected chi connectivity index (χ1v) is 13.6. The summed E-state index contributed by atoms with van der Waals surface area (Å²) in [5.74, 6) is -0.605. The first kappa shape index (κ1) is 22.2. The van der Waals surface area contributed by atoms with Crippen molar-refractivity contribution in [3.05, 3.63) is 23.3 Å². The molecule has 1 saturated heterocycles. The molecular formula is C20H33NO4SSi. The maximum absolute atomic E-state index is 13.0. The molecule has 4 atom stereocenters. The normalized spacial score (nSPS) is 26.6. The molecule has 0 radical (unpaired) electrons. The molecule has 0 aromatic carbocycles. The van der Waals surface area contributed by atoms with E-state index >= 15 is 0 Å². The Morgan fingerprint density at radius 1 is 1.41 bits per heavy atom. The smallest absolute Gasteiger partial charge is 0.356 e. The highest BCUT2D eigenvalue weighted by Gasteiger charge is 2.61. The number of esters is 1. The fourth-order valence-corrected chi connectivity index (χ4v) is 6.01. The van der Waals surface area contributed by atoms with Gasteiger partial charge in [0.1, 0.15) is 12.3 Å². The molecule has 0 aliphatic carbocycles. The molecule has 2 heterocycles. The molecular weight excluding hydrogens is 378 g/mol. The third kappa shape index (κ3) is 3.78. The van der Waals surface area contributed by atoms with Crippen LogP contribution in [0.4, 0.5) is 0 Å². The van der Waals surface area contributed by atoms with Crippen LogP contribution in [0.1, 0.15) is 34.6 Å². The van der Waals surface area contributed by atoms with Gasteiger partial charge in [0.25, 0.3) is 0 Å². The Balaban J connectivity index is 2.23. The van der Waals surface area contributed by atoms with Gasteiger partial charge in [-0.05, 0) is 31.3 Å². The summed E-state index contributed by atoms with van der Waals surface area (Å²) in [5.41, 5.74) is 0.405. The first-order chi connectivity index (χ1) is 12.4. The molecule has 0 saturated carbocycles. The molecule has 7 heteroatoms. The number of fused-ring (bicyclic) bond motifs is 1. The van der Waals surface area contributed by atoms with Crippen LogP contribution in [0, 0.1) is 11.8 Å². The molecule has 152 valence electrons. The quantitative estimate of drug-likeness (QED) is 0.272. The van der Waals surface area contributed by atoms with Crippen LogP contribution in [-0.4, -0.2) is 50.1 Å². The zero-order valence-corrected chi connectivity index (χ0v) is 19.6. The number of carbonyl (C=O) groups is 2. The topological polar surface area (TPSA) is 55.8 Å². The number of β-lactam (4-membered cyclic amide) rings is 1. The number of hydrogen-bond donors (Lipinski definition) is 0. The van der Waals surface area contributed by atoms with Crippen molar-refractivity contribution in [2.75, 3.05) is 12.9 Å². The highest BCUT2D eigenvalue weighted by molar-refractivity contribution is 8.02. The van der Waals surface area contributed by atoms with Gasteiger partial charge in [-0.3, -0.25) is 4.79 Å². The first-order valence-electron chi connectivity index (χ1n) is 9.46. The number of thioether (sulfide) groups is 1. The summed E-state index contributed by atoms with van der Waals surface area (Å²) in [6.45, 7) is 18.8. The monoisotopic (exact) mass is 411 g/mol. The Morgan fingerprint density at radius 2 is 2.00 bits per heavy atom. The predicted molar refractivity (Wildman–Crippen MR) is 113 cm³/mol. The maximum Gasteiger partial charge on any atom is 0.356 e. The zero-order chi connectivity index (χ0) is 20.7. The summed E-state index contributed by atoms with van der Waals surface area (Å²) < 4.78 is 11.7. The summed E-state index contributed by atoms with van der Waals surface area (Å²) in [6.07, 6.45) is 3.30. The molecule has 0 aromatic heterocycles. The van der Waals surface area contributed by atoms with Crippen molar-refractivity contribution in [3.63, 3.8) is 0 Å². The molecule has 0 bridgehead atoms. The summed E-state index contributed by atoms with van der Waals surface area (Å²) in [4.78, 5) is 28.1. The van der Waals surface area contributed by atoms with Crippen molar-refractivity contribution in [1.29, 1.82) is 0 Å². The van der Waals surface area contributed by atoms with Gasteiger partial charge >= 0.3 is 5.97 Å². The summed E-state index contributed by atoms with van der Waals surface area (Å²) in [5, 5.41) is 0.0807. The molecule has 0 aromatic rings. The van der Waals surface area contributed by atoms with Gasteiger partial charge in [0.15, 0.2) is 8.32 Å². The summed E-state index contributed by atoms with van der Waals surface area (Å²) in [7, 11) is -1.98. The standard InChI is InChI=1S/C20H33NO4SSi/c1-10-11-24-19(23)16-17(26-7)12(2)15-14(18(22)21(15)16)13(3)25-27(8,9)20(4,5)6/h10,12-15H,1,11H2,2-9H3/t12-,13-,14-,15-/m1/s1. The zero-order valence-electron chi connectivity index (χ0n) is 17.8. The van der Waals surface area contributed by atoms with Crippen molar-refractivity contribution in [2.24, 2.45) is 11.8 Å². The van der Waals surface area contributed by atoms with E-state index in [1.807, 2.05) is 13.2 Å². The minimum absolute atomic E-state index is 0.0346. The molecule has 2 rings (SSSR count). The third-order valence-electron chi connectivity index (χ3n) is 6.13. The van der Waals surface area contributed by atoms with E-state index in [2.05, 4.69) is 47.4 Å². The third-order valence-corrected chi connectivity index (χ3v) is 11.7. The maximum atomic E-state index is 13.0. The average molecular weight is 412 g/mol. The predicted octanol–water partition coefficient (Wildman–Crippen LogP) is 4.18. The van der Waals surface area contributed by atoms with Crippen molar-refractivity contribution in [3.8, 4) is 0 Å². The second kappa shape index (κ2) is 7.76. The van der Waals surface area contributed by atoms with E-state index in [0.717, 1.165) is 4.91 Å². The Hall–Kier alpha value is -1.05. The molecule has 2 aliphatic heterocycles. The molecule has 2 aliphatic rings. The van der Waals surface area contributed by atoms with Gasteiger partial charge in [-0.25, -0.2) is 4.79 Å². The van der Waals surface area contributed by atoms with Crippen LogP contribution in [-0.2, 0) is 18.8 Å². The van der Waals surface area contributed by atoms with Crippen molar-refractivity contribution in [2.45, 2.75) is 64.9 Å². The van der Waals surface area contributed by atoms with Crippen molar-refractivity contribution < 1.29 is 18.8 Å². The largest absolute Gasteiger partial charge is 0.457 e. The summed E-state index contributed by atoms with van der Waals surface area (Å²) >= 11 is 1.52. The number of ether oxygens (including phenoxy) is 1. The fourth-order valence-electron chi connectivity index (χ4n) is 3.69. The number of carbonyl (C=O) groups excluding carboxylic acids is 2. The lowest BCUT2D eigenvalue weighted by Crippen LogP contribution is -2.65. The van der Waals surface area contributed by atoms with Crippen LogP contribution < -0.4 is 0 Å². The van der Waals surface area contributed by atoms with Gasteiger partial charge in [0, 0.05) is 10.8 Å². The Kier molecular flexibility index (Phi) is 6.39. The van der Waals surface area contributed by atoms with Gasteiger partial charge in [-0.2, -0.15) is 0 Å². The molecule has 1 amide bonds. The second-order valence-electron chi connectivity index (χ2n) is 8.90. The van der Waals surface area contributed by atoms with Gasteiger partial charge in [0.2, 0.25) is 5.91 Å². The second-order valence-corrected chi connectivity index (χ2v) is 14.5. The lowest BCUT2D eigenvalue weighted by atomic mass is 9.79. The van der Waals surface area contributed by atoms with E-state index in [0.29, 0.717) is 5.70 Å². The Bertz CT molecular complexity index is 667. The van der Waals surface area contributed by atoms with Crippen LogP contribution in [0.25, 0.3) is 0 Å². The van der Waals surface area contributed by atoms with Gasteiger partial charge in [0.05, 0.1) is 18.1 Å². The molecule has 1 fully saturated rings. The fraction of sp³-hybridized carbons (Fsp3) is 0.700. The highest BCUT2D eigenvalue weighted by Crippen LogP contribution is 2.51. The minimum atomic E-state index is -1.98. The minimum Gasteiger partial charge on any atom is -0.457 e. The van der Waals surface area contributed by atoms with E-state index in [1.54, 1.807) is 4.90 Å². The molecule has 5 nitrogen and oxygen atoms in total. The van der Waals surface area contributed by atoms with E-state index in [-0.39, 0.29) is 41.5 Å².